The maximum Gasteiger partial charge on any atom is 0.104 e. The van der Waals surface area contributed by atoms with Gasteiger partial charge in [-0.2, -0.15) is 0 Å². The van der Waals surface area contributed by atoms with Gasteiger partial charge in [0, 0.05) is 5.56 Å². The van der Waals surface area contributed by atoms with Crippen molar-refractivity contribution in [2.75, 3.05) is 5.32 Å². The molecule has 0 aromatic heterocycles. The molecule has 5 heteroatoms. The zero-order valence-electron chi connectivity index (χ0n) is 10.2. The lowest BCUT2D eigenvalue weighted by atomic mass is 10.2. The molecule has 0 saturated heterocycles. The lowest BCUT2D eigenvalue weighted by Gasteiger charge is -2.11. The first-order valence-corrected chi connectivity index (χ1v) is 6.76. The fraction of sp³-hybridized carbons (Fsp3) is 0.0714. The van der Waals surface area contributed by atoms with Crippen LogP contribution in [0.3, 0.4) is 0 Å². The topological polar surface area (TPSA) is 38.0 Å². The van der Waals surface area contributed by atoms with Crippen LogP contribution in [0.1, 0.15) is 11.1 Å². The SMILES string of the molecule is Cc1ccc(Nc2ccc(C(N)=S)cc2Cl)c(Cl)c1. The standard InChI is InChI=1S/C14H12Cl2N2S/c1-8-2-4-12(10(15)6-8)18-13-5-3-9(14(17)19)7-11(13)16/h2-7,18H,1H3,(H2,17,19). The molecule has 0 spiro atoms. The Bertz CT molecular complexity index is 641. The van der Waals surface area contributed by atoms with Crippen LogP contribution in [0.5, 0.6) is 0 Å². The largest absolute Gasteiger partial charge is 0.389 e. The molecule has 0 heterocycles. The number of thiocarbonyl (C=S) groups is 1. The number of benzene rings is 2. The van der Waals surface area contributed by atoms with Gasteiger partial charge < -0.3 is 11.1 Å². The number of halogens is 2. The lowest BCUT2D eigenvalue weighted by molar-refractivity contribution is 1.45. The Morgan fingerprint density at radius 3 is 2.16 bits per heavy atom. The summed E-state index contributed by atoms with van der Waals surface area (Å²) in [5, 5.41) is 4.38. The number of hydrogen-bond donors (Lipinski definition) is 2. The molecule has 0 atom stereocenters. The van der Waals surface area contributed by atoms with E-state index in [-0.39, 0.29) is 0 Å². The third-order valence-corrected chi connectivity index (χ3v) is 3.51. The third-order valence-electron chi connectivity index (χ3n) is 2.65. The highest BCUT2D eigenvalue weighted by molar-refractivity contribution is 7.80. The van der Waals surface area contributed by atoms with Crippen molar-refractivity contribution >= 4 is 51.8 Å². The Balaban J connectivity index is 2.31. The number of nitrogens with one attached hydrogen (secondary N) is 1. The van der Waals surface area contributed by atoms with E-state index in [1.807, 2.05) is 37.3 Å². The van der Waals surface area contributed by atoms with E-state index in [0.717, 1.165) is 22.5 Å². The molecule has 2 aromatic rings. The number of rotatable bonds is 3. The predicted molar refractivity (Wildman–Crippen MR) is 86.8 cm³/mol. The minimum atomic E-state index is 0.321. The van der Waals surface area contributed by atoms with Crippen LogP contribution in [0.15, 0.2) is 36.4 Å². The Hall–Kier alpha value is -1.29. The van der Waals surface area contributed by atoms with Crippen LogP contribution in [-0.2, 0) is 0 Å². The van der Waals surface area contributed by atoms with Crippen molar-refractivity contribution in [3.63, 3.8) is 0 Å². The molecular formula is C14H12Cl2N2S. The van der Waals surface area contributed by atoms with E-state index < -0.39 is 0 Å². The van der Waals surface area contributed by atoms with E-state index in [2.05, 4.69) is 5.32 Å². The normalized spacial score (nSPS) is 10.3. The zero-order valence-corrected chi connectivity index (χ0v) is 12.5. The van der Waals surface area contributed by atoms with E-state index in [4.69, 9.17) is 41.2 Å². The minimum Gasteiger partial charge on any atom is -0.389 e. The maximum atomic E-state index is 6.19. The molecule has 0 unspecified atom stereocenters. The highest BCUT2D eigenvalue weighted by Gasteiger charge is 2.06. The molecule has 0 aliphatic rings. The van der Waals surface area contributed by atoms with Crippen LogP contribution in [0, 0.1) is 6.92 Å². The molecule has 0 amide bonds. The summed E-state index contributed by atoms with van der Waals surface area (Å²) in [4.78, 5) is 0.321. The van der Waals surface area contributed by atoms with Crippen molar-refractivity contribution < 1.29 is 0 Å². The fourth-order valence-electron chi connectivity index (χ4n) is 1.64. The summed E-state index contributed by atoms with van der Waals surface area (Å²) >= 11 is 17.3. The van der Waals surface area contributed by atoms with Gasteiger partial charge in [-0.15, -0.1) is 0 Å². The van der Waals surface area contributed by atoms with E-state index in [1.54, 1.807) is 6.07 Å². The van der Waals surface area contributed by atoms with Crippen molar-refractivity contribution in [2.24, 2.45) is 5.73 Å². The van der Waals surface area contributed by atoms with Crippen LogP contribution in [0.2, 0.25) is 10.0 Å². The van der Waals surface area contributed by atoms with Crippen LogP contribution in [-0.4, -0.2) is 4.99 Å². The van der Waals surface area contributed by atoms with Gasteiger partial charge in [-0.05, 0) is 42.8 Å². The maximum absolute atomic E-state index is 6.19. The molecular weight excluding hydrogens is 299 g/mol. The van der Waals surface area contributed by atoms with Crippen LogP contribution in [0.25, 0.3) is 0 Å². The van der Waals surface area contributed by atoms with Gasteiger partial charge in [-0.1, -0.05) is 41.5 Å². The minimum absolute atomic E-state index is 0.321. The number of hydrogen-bond acceptors (Lipinski definition) is 2. The second-order valence-electron chi connectivity index (χ2n) is 4.17. The Labute approximate surface area is 127 Å². The average molecular weight is 311 g/mol. The van der Waals surface area contributed by atoms with Gasteiger partial charge in [0.25, 0.3) is 0 Å². The summed E-state index contributed by atoms with van der Waals surface area (Å²) in [6, 6.07) is 11.2. The summed E-state index contributed by atoms with van der Waals surface area (Å²) < 4.78 is 0. The average Bonchev–Trinajstić information content (AvgIpc) is 2.34. The fourth-order valence-corrected chi connectivity index (χ4v) is 2.27. The molecule has 2 rings (SSSR count). The Kier molecular flexibility index (Phi) is 4.30. The highest BCUT2D eigenvalue weighted by atomic mass is 35.5. The smallest absolute Gasteiger partial charge is 0.104 e. The van der Waals surface area contributed by atoms with Gasteiger partial charge in [0.2, 0.25) is 0 Å². The summed E-state index contributed by atoms with van der Waals surface area (Å²) in [5.41, 5.74) is 8.96. The number of anilines is 2. The van der Waals surface area contributed by atoms with Gasteiger partial charge in [0.1, 0.15) is 4.99 Å². The van der Waals surface area contributed by atoms with E-state index in [0.29, 0.717) is 15.0 Å². The second-order valence-corrected chi connectivity index (χ2v) is 5.42. The highest BCUT2D eigenvalue weighted by Crippen LogP contribution is 2.30. The molecule has 98 valence electrons. The van der Waals surface area contributed by atoms with Crippen LogP contribution in [0.4, 0.5) is 11.4 Å². The molecule has 0 radical (unpaired) electrons. The molecule has 0 fully saturated rings. The van der Waals surface area contributed by atoms with Gasteiger partial charge in [-0.3, -0.25) is 0 Å². The summed E-state index contributed by atoms with van der Waals surface area (Å²) in [5.74, 6) is 0. The molecule has 0 aliphatic heterocycles. The molecule has 3 N–H and O–H groups in total. The van der Waals surface area contributed by atoms with E-state index >= 15 is 0 Å². The van der Waals surface area contributed by atoms with Gasteiger partial charge in [-0.25, -0.2) is 0 Å². The van der Waals surface area contributed by atoms with Gasteiger partial charge in [0.05, 0.1) is 21.4 Å². The third kappa shape index (κ3) is 3.38. The monoisotopic (exact) mass is 310 g/mol. The molecule has 0 bridgehead atoms. The van der Waals surface area contributed by atoms with Crippen molar-refractivity contribution in [1.82, 2.24) is 0 Å². The van der Waals surface area contributed by atoms with Crippen molar-refractivity contribution in [1.29, 1.82) is 0 Å². The van der Waals surface area contributed by atoms with E-state index in [9.17, 15) is 0 Å². The summed E-state index contributed by atoms with van der Waals surface area (Å²) in [7, 11) is 0. The molecule has 0 aliphatic carbocycles. The quantitative estimate of drug-likeness (QED) is 0.808. The second kappa shape index (κ2) is 5.78. The molecule has 2 aromatic carbocycles. The predicted octanol–water partition coefficient (Wildman–Crippen LogP) is 4.68. The summed E-state index contributed by atoms with van der Waals surface area (Å²) in [6.07, 6.45) is 0. The molecule has 0 saturated carbocycles. The van der Waals surface area contributed by atoms with Gasteiger partial charge in [0.15, 0.2) is 0 Å². The van der Waals surface area contributed by atoms with Crippen molar-refractivity contribution in [2.45, 2.75) is 6.92 Å². The Morgan fingerprint density at radius 1 is 1.05 bits per heavy atom. The van der Waals surface area contributed by atoms with Gasteiger partial charge >= 0.3 is 0 Å². The van der Waals surface area contributed by atoms with E-state index in [1.165, 1.54) is 0 Å². The lowest BCUT2D eigenvalue weighted by Crippen LogP contribution is -2.09. The first kappa shape index (κ1) is 14.1. The Morgan fingerprint density at radius 2 is 1.63 bits per heavy atom. The molecule has 19 heavy (non-hydrogen) atoms. The van der Waals surface area contributed by atoms with Crippen molar-refractivity contribution in [3.05, 3.63) is 57.6 Å². The number of nitrogens with two attached hydrogens (primary N) is 1. The van der Waals surface area contributed by atoms with Crippen LogP contribution < -0.4 is 11.1 Å². The zero-order chi connectivity index (χ0) is 14.0. The first-order valence-electron chi connectivity index (χ1n) is 5.60. The first-order chi connectivity index (χ1) is 8.97. The molecule has 2 nitrogen and oxygen atoms in total. The number of aryl methyl sites for hydroxylation is 1. The van der Waals surface area contributed by atoms with Crippen LogP contribution >= 0.6 is 35.4 Å². The van der Waals surface area contributed by atoms with Crippen molar-refractivity contribution in [3.8, 4) is 0 Å². The summed E-state index contributed by atoms with van der Waals surface area (Å²) in [6.45, 7) is 1.99.